The van der Waals surface area contributed by atoms with Crippen molar-refractivity contribution >= 4 is 49.4 Å². The van der Waals surface area contributed by atoms with E-state index in [1.54, 1.807) is 29.6 Å². The lowest BCUT2D eigenvalue weighted by Gasteiger charge is -2.18. The number of nitrogens with one attached hydrogen (secondary N) is 2. The number of rotatable bonds is 5. The van der Waals surface area contributed by atoms with Crippen LogP contribution < -0.4 is 19.5 Å². The Kier molecular flexibility index (Phi) is 4.72. The lowest BCUT2D eigenvalue weighted by molar-refractivity contribution is 0.102. The fourth-order valence-electron chi connectivity index (χ4n) is 2.32. The van der Waals surface area contributed by atoms with E-state index in [0.717, 1.165) is 22.7 Å². The lowest BCUT2D eigenvalue weighted by atomic mass is 10.2. The maximum Gasteiger partial charge on any atom is 0.275 e. The molecule has 0 unspecified atom stereocenters. The van der Waals surface area contributed by atoms with E-state index in [2.05, 4.69) is 15.0 Å². The molecule has 3 heterocycles. The van der Waals surface area contributed by atoms with Gasteiger partial charge in [-0.2, -0.15) is 0 Å². The zero-order valence-electron chi connectivity index (χ0n) is 13.7. The lowest BCUT2D eigenvalue weighted by Crippen LogP contribution is -2.17. The van der Waals surface area contributed by atoms with Gasteiger partial charge in [-0.3, -0.25) is 9.52 Å². The van der Waals surface area contributed by atoms with Gasteiger partial charge in [0.2, 0.25) is 0 Å². The molecule has 0 bridgehead atoms. The number of fused-ring (bicyclic) bond motifs is 1. The van der Waals surface area contributed by atoms with Gasteiger partial charge in [0.25, 0.3) is 15.9 Å². The van der Waals surface area contributed by atoms with Gasteiger partial charge in [0.15, 0.2) is 16.6 Å². The fourth-order valence-corrected chi connectivity index (χ4v) is 5.26. The number of aromatic nitrogens is 1. The molecule has 4 rings (SSSR count). The topological polar surface area (TPSA) is 107 Å². The maximum absolute atomic E-state index is 12.4. The number of anilines is 2. The Labute approximate surface area is 162 Å². The summed E-state index contributed by atoms with van der Waals surface area (Å²) < 4.78 is 37.9. The highest BCUT2D eigenvalue weighted by Gasteiger charge is 2.19. The molecule has 3 aromatic rings. The molecule has 2 aromatic heterocycles. The summed E-state index contributed by atoms with van der Waals surface area (Å²) in [5, 5.41) is 5.98. The Bertz CT molecular complexity index is 1080. The third-order valence-electron chi connectivity index (χ3n) is 3.52. The Balaban J connectivity index is 1.46. The summed E-state index contributed by atoms with van der Waals surface area (Å²) in [5.41, 5.74) is 0.636. The molecule has 27 heavy (non-hydrogen) atoms. The smallest absolute Gasteiger partial charge is 0.275 e. The minimum Gasteiger partial charge on any atom is -0.486 e. The first-order chi connectivity index (χ1) is 13.0. The highest BCUT2D eigenvalue weighted by Crippen LogP contribution is 2.32. The SMILES string of the molecule is O=C(Nc1ccc2c(c1)OCCO2)c1csc(NS(=O)(=O)c2cccs2)n1. The second-order valence-electron chi connectivity index (χ2n) is 5.39. The van der Waals surface area contributed by atoms with E-state index in [0.29, 0.717) is 30.4 Å². The first kappa shape index (κ1) is 17.8. The van der Waals surface area contributed by atoms with E-state index in [-0.39, 0.29) is 15.0 Å². The highest BCUT2D eigenvalue weighted by atomic mass is 32.2. The van der Waals surface area contributed by atoms with Gasteiger partial charge in [-0.15, -0.1) is 22.7 Å². The molecule has 0 aliphatic carbocycles. The number of carbonyl (C=O) groups excluding carboxylic acids is 1. The van der Waals surface area contributed by atoms with Crippen molar-refractivity contribution in [3.05, 3.63) is 46.8 Å². The molecular weight excluding hydrogens is 410 g/mol. The van der Waals surface area contributed by atoms with Gasteiger partial charge >= 0.3 is 0 Å². The van der Waals surface area contributed by atoms with E-state index in [1.807, 2.05) is 0 Å². The van der Waals surface area contributed by atoms with Crippen LogP contribution in [-0.4, -0.2) is 32.5 Å². The number of thiophene rings is 1. The van der Waals surface area contributed by atoms with Crippen LogP contribution in [0.25, 0.3) is 0 Å². The summed E-state index contributed by atoms with van der Waals surface area (Å²) in [5.74, 6) is 0.726. The second-order valence-corrected chi connectivity index (χ2v) is 9.10. The highest BCUT2D eigenvalue weighted by molar-refractivity contribution is 7.94. The number of ether oxygens (including phenoxy) is 2. The summed E-state index contributed by atoms with van der Waals surface area (Å²) in [4.78, 5) is 16.4. The number of amides is 1. The average molecular weight is 423 g/mol. The molecule has 0 saturated heterocycles. The van der Waals surface area contributed by atoms with Crippen LogP contribution >= 0.6 is 22.7 Å². The van der Waals surface area contributed by atoms with E-state index < -0.39 is 15.9 Å². The number of thiazole rings is 1. The van der Waals surface area contributed by atoms with Crippen LogP contribution in [0.1, 0.15) is 10.5 Å². The van der Waals surface area contributed by atoms with Crippen LogP contribution in [0.15, 0.2) is 45.3 Å². The molecule has 0 radical (unpaired) electrons. The van der Waals surface area contributed by atoms with Gasteiger partial charge in [0.05, 0.1) is 0 Å². The minimum atomic E-state index is -3.70. The second kappa shape index (κ2) is 7.18. The Hall–Kier alpha value is -2.63. The number of sulfonamides is 1. The van der Waals surface area contributed by atoms with Crippen molar-refractivity contribution < 1.29 is 22.7 Å². The maximum atomic E-state index is 12.4. The van der Waals surface area contributed by atoms with Crippen LogP contribution in [0, 0.1) is 0 Å². The summed E-state index contributed by atoms with van der Waals surface area (Å²) >= 11 is 2.13. The third kappa shape index (κ3) is 3.89. The van der Waals surface area contributed by atoms with Crippen molar-refractivity contribution in [1.82, 2.24) is 4.98 Å². The zero-order chi connectivity index (χ0) is 18.9. The largest absolute Gasteiger partial charge is 0.486 e. The number of nitrogens with zero attached hydrogens (tertiary/aromatic N) is 1. The number of carbonyl (C=O) groups is 1. The van der Waals surface area contributed by atoms with Crippen LogP contribution in [0.4, 0.5) is 10.8 Å². The monoisotopic (exact) mass is 423 g/mol. The molecule has 1 aromatic carbocycles. The molecule has 8 nitrogen and oxygen atoms in total. The number of benzene rings is 1. The molecule has 0 fully saturated rings. The standard InChI is InChI=1S/C16H13N3O5S3/c20-15(17-10-3-4-12-13(8-10)24-6-5-23-12)11-9-26-16(18-11)19-27(21,22)14-2-1-7-25-14/h1-4,7-9H,5-6H2,(H,17,20)(H,18,19). The molecule has 2 N–H and O–H groups in total. The molecule has 1 aliphatic rings. The number of hydrogen-bond acceptors (Lipinski definition) is 8. The molecular formula is C16H13N3O5S3. The summed E-state index contributed by atoms with van der Waals surface area (Å²) in [7, 11) is -3.70. The first-order valence-corrected chi connectivity index (χ1v) is 11.0. The Morgan fingerprint density at radius 3 is 2.70 bits per heavy atom. The molecule has 0 atom stereocenters. The van der Waals surface area contributed by atoms with Crippen molar-refractivity contribution in [3.63, 3.8) is 0 Å². The van der Waals surface area contributed by atoms with Crippen LogP contribution in [0.2, 0.25) is 0 Å². The summed E-state index contributed by atoms with van der Waals surface area (Å²) in [6.07, 6.45) is 0. The third-order valence-corrected chi connectivity index (χ3v) is 7.14. The molecule has 11 heteroatoms. The zero-order valence-corrected chi connectivity index (χ0v) is 16.1. The van der Waals surface area contributed by atoms with Crippen molar-refractivity contribution in [2.24, 2.45) is 0 Å². The normalized spacial score (nSPS) is 13.2. The van der Waals surface area contributed by atoms with E-state index in [9.17, 15) is 13.2 Å². The van der Waals surface area contributed by atoms with Crippen molar-refractivity contribution in [2.75, 3.05) is 23.3 Å². The minimum absolute atomic E-state index is 0.110. The summed E-state index contributed by atoms with van der Waals surface area (Å²) in [6, 6.07) is 8.21. The van der Waals surface area contributed by atoms with Crippen LogP contribution in [-0.2, 0) is 10.0 Å². The molecule has 140 valence electrons. The number of hydrogen-bond donors (Lipinski definition) is 2. The van der Waals surface area contributed by atoms with Crippen LogP contribution in [0.3, 0.4) is 0 Å². The molecule has 1 aliphatic heterocycles. The first-order valence-electron chi connectivity index (χ1n) is 7.74. The van der Waals surface area contributed by atoms with Gasteiger partial charge in [-0.1, -0.05) is 6.07 Å². The predicted octanol–water partition coefficient (Wildman–Crippen LogP) is 3.03. The van der Waals surface area contributed by atoms with Gasteiger partial charge in [0, 0.05) is 17.1 Å². The Morgan fingerprint density at radius 1 is 1.11 bits per heavy atom. The van der Waals surface area contributed by atoms with Crippen molar-refractivity contribution in [3.8, 4) is 11.5 Å². The summed E-state index contributed by atoms with van der Waals surface area (Å²) in [6.45, 7) is 0.936. The van der Waals surface area contributed by atoms with Crippen molar-refractivity contribution in [2.45, 2.75) is 4.21 Å². The van der Waals surface area contributed by atoms with Gasteiger partial charge in [0.1, 0.15) is 23.1 Å². The van der Waals surface area contributed by atoms with Crippen molar-refractivity contribution in [1.29, 1.82) is 0 Å². The van der Waals surface area contributed by atoms with Gasteiger partial charge in [-0.05, 0) is 23.6 Å². The molecule has 1 amide bonds. The van der Waals surface area contributed by atoms with E-state index in [1.165, 1.54) is 11.4 Å². The van der Waals surface area contributed by atoms with Crippen LogP contribution in [0.5, 0.6) is 11.5 Å². The van der Waals surface area contributed by atoms with Gasteiger partial charge in [-0.25, -0.2) is 13.4 Å². The fraction of sp³-hybridized carbons (Fsp3) is 0.125. The van der Waals surface area contributed by atoms with Gasteiger partial charge < -0.3 is 14.8 Å². The Morgan fingerprint density at radius 2 is 1.93 bits per heavy atom. The molecule has 0 saturated carbocycles. The van der Waals surface area contributed by atoms with E-state index in [4.69, 9.17) is 9.47 Å². The molecule has 0 spiro atoms. The van der Waals surface area contributed by atoms with E-state index >= 15 is 0 Å². The average Bonchev–Trinajstić information content (AvgIpc) is 3.33. The quantitative estimate of drug-likeness (QED) is 0.653. The predicted molar refractivity (Wildman–Crippen MR) is 103 cm³/mol.